The van der Waals surface area contributed by atoms with Crippen LogP contribution in [-0.4, -0.2) is 18.6 Å². The Morgan fingerprint density at radius 2 is 1.90 bits per heavy atom. The predicted octanol–water partition coefficient (Wildman–Crippen LogP) is 3.53. The van der Waals surface area contributed by atoms with Crippen molar-refractivity contribution in [3.63, 3.8) is 0 Å². The lowest BCUT2D eigenvalue weighted by Crippen LogP contribution is -2.46. The number of nitrogens with two attached hydrogens (primary N) is 1. The Bertz CT molecular complexity index is 424. The number of rotatable bonds is 4. The second-order valence-electron chi connectivity index (χ2n) is 5.53. The van der Waals surface area contributed by atoms with Crippen molar-refractivity contribution in [2.24, 2.45) is 0 Å². The van der Waals surface area contributed by atoms with Gasteiger partial charge in [-0.15, -0.1) is 0 Å². The Kier molecular flexibility index (Phi) is 5.27. The van der Waals surface area contributed by atoms with Crippen LogP contribution in [0.15, 0.2) is 24.3 Å². The van der Waals surface area contributed by atoms with Gasteiger partial charge in [0, 0.05) is 24.0 Å². The van der Waals surface area contributed by atoms with Crippen LogP contribution < -0.4 is 16.0 Å². The number of anilines is 2. The molecule has 0 spiro atoms. The minimum Gasteiger partial charge on any atom is -0.399 e. The SMILES string of the molecule is CCCN(C(=O)NC1CCCCC1)c1ccc(N)cc1. The summed E-state index contributed by atoms with van der Waals surface area (Å²) in [6.07, 6.45) is 6.88. The van der Waals surface area contributed by atoms with Crippen molar-refractivity contribution >= 4 is 17.4 Å². The van der Waals surface area contributed by atoms with Crippen LogP contribution in [-0.2, 0) is 0 Å². The summed E-state index contributed by atoms with van der Waals surface area (Å²) in [5, 5.41) is 3.17. The van der Waals surface area contributed by atoms with Crippen LogP contribution in [0.1, 0.15) is 45.4 Å². The summed E-state index contributed by atoms with van der Waals surface area (Å²) < 4.78 is 0. The molecule has 4 nitrogen and oxygen atoms in total. The lowest BCUT2D eigenvalue weighted by atomic mass is 9.96. The van der Waals surface area contributed by atoms with Crippen molar-refractivity contribution in [1.29, 1.82) is 0 Å². The van der Waals surface area contributed by atoms with Crippen molar-refractivity contribution in [2.45, 2.75) is 51.5 Å². The first kappa shape index (κ1) is 14.7. The maximum Gasteiger partial charge on any atom is 0.322 e. The molecule has 0 atom stereocenters. The molecule has 20 heavy (non-hydrogen) atoms. The molecular weight excluding hydrogens is 250 g/mol. The molecule has 2 rings (SSSR count). The van der Waals surface area contributed by atoms with Gasteiger partial charge in [-0.25, -0.2) is 4.79 Å². The topological polar surface area (TPSA) is 58.4 Å². The third-order valence-electron chi connectivity index (χ3n) is 3.83. The number of amides is 2. The van der Waals surface area contributed by atoms with Crippen LogP contribution in [0, 0.1) is 0 Å². The van der Waals surface area contributed by atoms with Crippen LogP contribution >= 0.6 is 0 Å². The zero-order valence-corrected chi connectivity index (χ0v) is 12.3. The Hall–Kier alpha value is -1.71. The molecule has 1 aromatic carbocycles. The van der Waals surface area contributed by atoms with E-state index in [4.69, 9.17) is 5.73 Å². The summed E-state index contributed by atoms with van der Waals surface area (Å²) in [5.74, 6) is 0. The Labute approximate surface area is 121 Å². The van der Waals surface area contributed by atoms with Crippen molar-refractivity contribution < 1.29 is 4.79 Å². The maximum absolute atomic E-state index is 12.5. The summed E-state index contributed by atoms with van der Waals surface area (Å²) in [6.45, 7) is 2.81. The van der Waals surface area contributed by atoms with E-state index in [1.807, 2.05) is 29.2 Å². The molecule has 110 valence electrons. The average molecular weight is 275 g/mol. The van der Waals surface area contributed by atoms with E-state index in [-0.39, 0.29) is 6.03 Å². The van der Waals surface area contributed by atoms with Gasteiger partial charge >= 0.3 is 6.03 Å². The van der Waals surface area contributed by atoms with Gasteiger partial charge in [0.15, 0.2) is 0 Å². The number of benzene rings is 1. The first-order valence-corrected chi connectivity index (χ1v) is 7.64. The van der Waals surface area contributed by atoms with Crippen LogP contribution in [0.4, 0.5) is 16.2 Å². The molecule has 4 heteroatoms. The van der Waals surface area contributed by atoms with E-state index >= 15 is 0 Å². The summed E-state index contributed by atoms with van der Waals surface area (Å²) in [4.78, 5) is 14.3. The molecule has 0 bridgehead atoms. The predicted molar refractivity (Wildman–Crippen MR) is 83.9 cm³/mol. The highest BCUT2D eigenvalue weighted by Gasteiger charge is 2.20. The summed E-state index contributed by atoms with van der Waals surface area (Å²) in [5.41, 5.74) is 7.34. The second kappa shape index (κ2) is 7.17. The maximum atomic E-state index is 12.5. The molecule has 1 aromatic rings. The molecule has 1 fully saturated rings. The fraction of sp³-hybridized carbons (Fsp3) is 0.562. The van der Waals surface area contributed by atoms with Gasteiger partial charge in [-0.3, -0.25) is 4.90 Å². The lowest BCUT2D eigenvalue weighted by Gasteiger charge is -2.28. The van der Waals surface area contributed by atoms with Gasteiger partial charge < -0.3 is 11.1 Å². The molecule has 1 aliphatic rings. The smallest absolute Gasteiger partial charge is 0.322 e. The van der Waals surface area contributed by atoms with Crippen LogP contribution in [0.3, 0.4) is 0 Å². The number of nitrogens with one attached hydrogen (secondary N) is 1. The number of nitrogens with zero attached hydrogens (tertiary/aromatic N) is 1. The highest BCUT2D eigenvalue weighted by molar-refractivity contribution is 5.92. The van der Waals surface area contributed by atoms with E-state index in [1.165, 1.54) is 19.3 Å². The fourth-order valence-corrected chi connectivity index (χ4v) is 2.73. The number of carbonyl (C=O) groups excluding carboxylic acids is 1. The Morgan fingerprint density at radius 1 is 1.25 bits per heavy atom. The number of urea groups is 1. The van der Waals surface area contributed by atoms with Gasteiger partial charge in [-0.2, -0.15) is 0 Å². The first-order chi connectivity index (χ1) is 9.70. The van der Waals surface area contributed by atoms with E-state index in [2.05, 4.69) is 12.2 Å². The van der Waals surface area contributed by atoms with Crippen LogP contribution in [0.25, 0.3) is 0 Å². The minimum atomic E-state index is 0.0171. The highest BCUT2D eigenvalue weighted by Crippen LogP contribution is 2.20. The van der Waals surface area contributed by atoms with E-state index in [1.54, 1.807) is 0 Å². The molecular formula is C16H25N3O. The Morgan fingerprint density at radius 3 is 2.50 bits per heavy atom. The first-order valence-electron chi connectivity index (χ1n) is 7.64. The zero-order chi connectivity index (χ0) is 14.4. The van der Waals surface area contributed by atoms with Crippen molar-refractivity contribution in [3.05, 3.63) is 24.3 Å². The molecule has 0 heterocycles. The van der Waals surface area contributed by atoms with Gasteiger partial charge in [0.05, 0.1) is 0 Å². The molecule has 0 unspecified atom stereocenters. The number of hydrogen-bond donors (Lipinski definition) is 2. The van der Waals surface area contributed by atoms with E-state index in [9.17, 15) is 4.79 Å². The number of carbonyl (C=O) groups is 1. The lowest BCUT2D eigenvalue weighted by molar-refractivity contribution is 0.238. The second-order valence-corrected chi connectivity index (χ2v) is 5.53. The van der Waals surface area contributed by atoms with Crippen molar-refractivity contribution in [2.75, 3.05) is 17.2 Å². The molecule has 0 aromatic heterocycles. The van der Waals surface area contributed by atoms with Gasteiger partial charge in [0.25, 0.3) is 0 Å². The van der Waals surface area contributed by atoms with Gasteiger partial charge in [0.1, 0.15) is 0 Å². The third kappa shape index (κ3) is 3.89. The quantitative estimate of drug-likeness (QED) is 0.826. The third-order valence-corrected chi connectivity index (χ3v) is 3.83. The number of nitrogen functional groups attached to an aromatic ring is 1. The highest BCUT2D eigenvalue weighted by atomic mass is 16.2. The van der Waals surface area contributed by atoms with Gasteiger partial charge in [-0.1, -0.05) is 26.2 Å². The molecule has 3 N–H and O–H groups in total. The van der Waals surface area contributed by atoms with Gasteiger partial charge in [0.2, 0.25) is 0 Å². The molecule has 0 aliphatic heterocycles. The van der Waals surface area contributed by atoms with E-state index < -0.39 is 0 Å². The monoisotopic (exact) mass is 275 g/mol. The fourth-order valence-electron chi connectivity index (χ4n) is 2.73. The molecule has 0 radical (unpaired) electrons. The molecule has 0 saturated heterocycles. The minimum absolute atomic E-state index is 0.0171. The van der Waals surface area contributed by atoms with E-state index in [0.29, 0.717) is 6.04 Å². The number of hydrogen-bond acceptors (Lipinski definition) is 2. The standard InChI is InChI=1S/C16H25N3O/c1-2-12-19(15-10-8-13(17)9-11-15)16(20)18-14-6-4-3-5-7-14/h8-11,14H,2-7,12,17H2,1H3,(H,18,20). The van der Waals surface area contributed by atoms with Crippen molar-refractivity contribution in [1.82, 2.24) is 5.32 Å². The van der Waals surface area contributed by atoms with Crippen LogP contribution in [0.5, 0.6) is 0 Å². The van der Waals surface area contributed by atoms with E-state index in [0.717, 1.165) is 37.2 Å². The molecule has 1 aliphatic carbocycles. The van der Waals surface area contributed by atoms with Gasteiger partial charge in [-0.05, 0) is 43.5 Å². The normalized spacial score (nSPS) is 15.8. The summed E-state index contributed by atoms with van der Waals surface area (Å²) in [7, 11) is 0. The largest absolute Gasteiger partial charge is 0.399 e. The summed E-state index contributed by atoms with van der Waals surface area (Å²) >= 11 is 0. The zero-order valence-electron chi connectivity index (χ0n) is 12.3. The Balaban J connectivity index is 2.02. The van der Waals surface area contributed by atoms with Crippen molar-refractivity contribution in [3.8, 4) is 0 Å². The average Bonchev–Trinajstić information content (AvgIpc) is 2.47. The molecule has 2 amide bonds. The summed E-state index contributed by atoms with van der Waals surface area (Å²) in [6, 6.07) is 7.85. The molecule has 1 saturated carbocycles. The van der Waals surface area contributed by atoms with Crippen LogP contribution in [0.2, 0.25) is 0 Å².